The summed E-state index contributed by atoms with van der Waals surface area (Å²) in [6.45, 7) is 13.4. The molecule has 0 bridgehead atoms. The molecule has 0 aromatic heterocycles. The van der Waals surface area contributed by atoms with E-state index < -0.39 is 8.32 Å². The Bertz CT molecular complexity index is 151. The summed E-state index contributed by atoms with van der Waals surface area (Å²) < 4.78 is 6.12. The van der Waals surface area contributed by atoms with E-state index in [1.807, 2.05) is 5.33 Å². The fraction of sp³-hybridized carbons (Fsp3) is 0.900. The molecule has 0 fully saturated rings. The van der Waals surface area contributed by atoms with Gasteiger partial charge in [-0.2, -0.15) is 0 Å². The van der Waals surface area contributed by atoms with Crippen LogP contribution >= 0.6 is 15.9 Å². The van der Waals surface area contributed by atoms with Crippen LogP contribution in [0.3, 0.4) is 0 Å². The zero-order valence-electron chi connectivity index (χ0n) is 10.6. The minimum Gasteiger partial charge on any atom is -0.417 e. The van der Waals surface area contributed by atoms with Gasteiger partial charge in [0.1, 0.15) is 0 Å². The van der Waals surface area contributed by atoms with Crippen molar-refractivity contribution in [3.8, 4) is 0 Å². The molecule has 0 aliphatic rings. The smallest absolute Gasteiger partial charge is 0.417 e. The Labute approximate surface area is 111 Å². The zero-order valence-corrected chi connectivity index (χ0v) is 13.2. The van der Waals surface area contributed by atoms with E-state index in [0.29, 0.717) is 6.10 Å². The van der Waals surface area contributed by atoms with Crippen LogP contribution in [0.4, 0.5) is 0 Å². The molecule has 0 saturated carbocycles. The molecule has 0 radical (unpaired) electrons. The molecule has 80 valence electrons. The second-order valence-electron chi connectivity index (χ2n) is 5.47. The van der Waals surface area contributed by atoms with Gasteiger partial charge in [-0.05, 0) is 25.1 Å². The molecule has 14 heavy (non-hydrogen) atoms. The molecule has 0 spiro atoms. The number of hydrogen-bond acceptors (Lipinski definition) is 1. The third-order valence-corrected chi connectivity index (χ3v) is 3.13. The molecule has 0 saturated heterocycles. The normalized spacial score (nSPS) is 14.8. The predicted octanol–water partition coefficient (Wildman–Crippen LogP) is 1.20. The van der Waals surface area contributed by atoms with Crippen molar-refractivity contribution in [3.05, 3.63) is 5.33 Å². The number of rotatable bonds is 4. The van der Waals surface area contributed by atoms with E-state index in [0.717, 1.165) is 6.42 Å². The molecular formula is C10H22BrLiOSi. The van der Waals surface area contributed by atoms with Crippen molar-refractivity contribution in [2.45, 2.75) is 52.9 Å². The largest absolute Gasteiger partial charge is 1.00 e. The monoisotopic (exact) mass is 272 g/mol. The van der Waals surface area contributed by atoms with Crippen LogP contribution in [0.1, 0.15) is 27.2 Å². The second kappa shape index (κ2) is 6.75. The summed E-state index contributed by atoms with van der Waals surface area (Å²) in [4.78, 5) is 0. The minimum absolute atomic E-state index is 0. The van der Waals surface area contributed by atoms with Crippen LogP contribution in [0, 0.1) is 10.7 Å². The molecule has 0 heterocycles. The number of hydrogen-bond donors (Lipinski definition) is 0. The van der Waals surface area contributed by atoms with Gasteiger partial charge in [0.25, 0.3) is 0 Å². The quantitative estimate of drug-likeness (QED) is 0.552. The standard InChI is InChI=1S/C10H22BrOSi.Li/c1-10(2,3)9(7-8-11)12-13(4,5)6;/h8-9H,7H2,1-6H3;/q-1;+1/t9-;/m0./s1. The molecule has 0 aliphatic heterocycles. The molecule has 0 aliphatic carbocycles. The molecule has 1 nitrogen and oxygen atoms in total. The predicted molar refractivity (Wildman–Crippen MR) is 65.5 cm³/mol. The molecule has 0 aromatic rings. The van der Waals surface area contributed by atoms with Gasteiger partial charge in [0.2, 0.25) is 0 Å². The van der Waals surface area contributed by atoms with E-state index in [-0.39, 0.29) is 24.3 Å². The summed E-state index contributed by atoms with van der Waals surface area (Å²) in [6.07, 6.45) is 1.31. The molecule has 0 unspecified atom stereocenters. The van der Waals surface area contributed by atoms with Crippen LogP contribution in [0.5, 0.6) is 0 Å². The SMILES string of the molecule is CC(C)(C)[C@H](C[CH-]Br)O[Si](C)(C)C.[Li+]. The van der Waals surface area contributed by atoms with Crippen molar-refractivity contribution in [2.24, 2.45) is 5.41 Å². The first kappa shape index (κ1) is 17.6. The van der Waals surface area contributed by atoms with Crippen LogP contribution < -0.4 is 18.9 Å². The fourth-order valence-corrected chi connectivity index (χ4v) is 2.73. The summed E-state index contributed by atoms with van der Waals surface area (Å²) in [5, 5.41) is 2.02. The molecule has 0 rings (SSSR count). The van der Waals surface area contributed by atoms with Crippen molar-refractivity contribution in [1.29, 1.82) is 0 Å². The van der Waals surface area contributed by atoms with Crippen LogP contribution in [0.2, 0.25) is 19.6 Å². The molecule has 0 amide bonds. The van der Waals surface area contributed by atoms with Crippen molar-refractivity contribution < 1.29 is 23.3 Å². The van der Waals surface area contributed by atoms with Gasteiger partial charge in [-0.3, -0.25) is 5.33 Å². The van der Waals surface area contributed by atoms with Gasteiger partial charge in [-0.15, -0.1) is 6.42 Å². The molecular weight excluding hydrogens is 251 g/mol. The molecule has 0 N–H and O–H groups in total. The van der Waals surface area contributed by atoms with Crippen LogP contribution in [0.25, 0.3) is 0 Å². The van der Waals surface area contributed by atoms with E-state index in [2.05, 4.69) is 56.3 Å². The van der Waals surface area contributed by atoms with Gasteiger partial charge < -0.3 is 20.4 Å². The first-order valence-electron chi connectivity index (χ1n) is 4.76. The summed E-state index contributed by atoms with van der Waals surface area (Å²) in [5.41, 5.74) is 0.227. The Kier molecular flexibility index (Phi) is 8.51. The average molecular weight is 273 g/mol. The maximum atomic E-state index is 6.12. The Morgan fingerprint density at radius 1 is 1.29 bits per heavy atom. The maximum absolute atomic E-state index is 6.12. The van der Waals surface area contributed by atoms with Crippen molar-refractivity contribution >= 4 is 24.2 Å². The minimum atomic E-state index is -1.41. The first-order chi connectivity index (χ1) is 5.67. The van der Waals surface area contributed by atoms with E-state index in [1.54, 1.807) is 0 Å². The summed E-state index contributed by atoms with van der Waals surface area (Å²) in [7, 11) is -1.41. The van der Waals surface area contributed by atoms with E-state index >= 15 is 0 Å². The van der Waals surface area contributed by atoms with Crippen molar-refractivity contribution in [1.82, 2.24) is 0 Å². The molecule has 1 atom stereocenters. The Morgan fingerprint density at radius 2 is 1.71 bits per heavy atom. The average Bonchev–Trinajstić information content (AvgIpc) is 1.81. The van der Waals surface area contributed by atoms with Gasteiger partial charge in [0.15, 0.2) is 8.32 Å². The van der Waals surface area contributed by atoms with Crippen LogP contribution in [-0.4, -0.2) is 14.4 Å². The third-order valence-electron chi connectivity index (χ3n) is 1.76. The summed E-state index contributed by atoms with van der Waals surface area (Å²) in [5.74, 6) is 0. The number of halogens is 1. The molecule has 4 heteroatoms. The van der Waals surface area contributed by atoms with Crippen molar-refractivity contribution in [2.75, 3.05) is 0 Å². The van der Waals surface area contributed by atoms with E-state index in [9.17, 15) is 0 Å². The zero-order chi connectivity index (χ0) is 10.7. The van der Waals surface area contributed by atoms with Gasteiger partial charge in [-0.25, -0.2) is 0 Å². The van der Waals surface area contributed by atoms with Crippen LogP contribution in [-0.2, 0) is 4.43 Å². The van der Waals surface area contributed by atoms with Crippen LogP contribution in [0.15, 0.2) is 0 Å². The van der Waals surface area contributed by atoms with Gasteiger partial charge in [-0.1, -0.05) is 20.8 Å². The van der Waals surface area contributed by atoms with Crippen molar-refractivity contribution in [3.63, 3.8) is 0 Å². The fourth-order valence-electron chi connectivity index (χ4n) is 1.09. The van der Waals surface area contributed by atoms with E-state index in [1.165, 1.54) is 0 Å². The molecule has 0 aromatic carbocycles. The van der Waals surface area contributed by atoms with Gasteiger partial charge in [0.05, 0.1) is 0 Å². The third kappa shape index (κ3) is 8.55. The second-order valence-corrected chi connectivity index (χ2v) is 10.6. The summed E-state index contributed by atoms with van der Waals surface area (Å²) >= 11 is 3.36. The first-order valence-corrected chi connectivity index (χ1v) is 9.09. The summed E-state index contributed by atoms with van der Waals surface area (Å²) in [6, 6.07) is 0. The Balaban J connectivity index is 0. The Morgan fingerprint density at radius 3 is 1.93 bits per heavy atom. The van der Waals surface area contributed by atoms with Gasteiger partial charge in [0, 0.05) is 6.10 Å². The maximum Gasteiger partial charge on any atom is 1.00 e. The Hall–Kier alpha value is 1.25. The topological polar surface area (TPSA) is 9.23 Å². The van der Waals surface area contributed by atoms with Gasteiger partial charge >= 0.3 is 18.9 Å². The van der Waals surface area contributed by atoms with E-state index in [4.69, 9.17) is 4.43 Å².